The average molecular weight is 232 g/mol. The van der Waals surface area contributed by atoms with Crippen molar-refractivity contribution in [3.8, 4) is 0 Å². The Morgan fingerprint density at radius 2 is 2.06 bits per heavy atom. The van der Waals surface area contributed by atoms with E-state index >= 15 is 0 Å². The van der Waals surface area contributed by atoms with Crippen molar-refractivity contribution in [1.29, 1.82) is 0 Å². The van der Waals surface area contributed by atoms with E-state index in [2.05, 4.69) is 15.0 Å². The van der Waals surface area contributed by atoms with Crippen LogP contribution in [0.3, 0.4) is 0 Å². The molecule has 88 valence electrons. The van der Waals surface area contributed by atoms with Gasteiger partial charge in [-0.1, -0.05) is 6.07 Å². The van der Waals surface area contributed by atoms with Crippen LogP contribution in [0.5, 0.6) is 0 Å². The molecule has 0 bridgehead atoms. The zero-order valence-corrected chi connectivity index (χ0v) is 9.53. The van der Waals surface area contributed by atoms with E-state index in [9.17, 15) is 9.59 Å². The molecular weight excluding hydrogens is 220 g/mol. The second-order valence-corrected chi connectivity index (χ2v) is 3.66. The molecule has 1 aromatic carbocycles. The van der Waals surface area contributed by atoms with Gasteiger partial charge in [-0.25, -0.2) is 4.79 Å². The van der Waals surface area contributed by atoms with Crippen LogP contribution >= 0.6 is 0 Å². The van der Waals surface area contributed by atoms with Crippen molar-refractivity contribution in [1.82, 2.24) is 4.98 Å². The molecule has 0 aliphatic carbocycles. The van der Waals surface area contributed by atoms with E-state index in [1.54, 1.807) is 18.2 Å². The van der Waals surface area contributed by atoms with Crippen molar-refractivity contribution < 1.29 is 14.3 Å². The smallest absolute Gasteiger partial charge is 0.354 e. The summed E-state index contributed by atoms with van der Waals surface area (Å²) in [7, 11) is 1.33. The maximum absolute atomic E-state index is 11.3. The third-order valence-electron chi connectivity index (χ3n) is 2.35. The number of ether oxygens (including phenoxy) is 1. The highest BCUT2D eigenvalue weighted by atomic mass is 16.5. The van der Waals surface area contributed by atoms with Gasteiger partial charge < -0.3 is 15.0 Å². The summed E-state index contributed by atoms with van der Waals surface area (Å²) in [5, 5.41) is 3.56. The Balaban J connectivity index is 2.40. The van der Waals surface area contributed by atoms with Crippen LogP contribution in [-0.4, -0.2) is 24.0 Å². The van der Waals surface area contributed by atoms with E-state index in [0.29, 0.717) is 11.4 Å². The van der Waals surface area contributed by atoms with Gasteiger partial charge in [0, 0.05) is 23.5 Å². The van der Waals surface area contributed by atoms with Crippen molar-refractivity contribution in [2.45, 2.75) is 6.92 Å². The summed E-state index contributed by atoms with van der Waals surface area (Å²) in [6.07, 6.45) is 0. The van der Waals surface area contributed by atoms with Crippen molar-refractivity contribution in [2.75, 3.05) is 12.4 Å². The Hall–Kier alpha value is -2.30. The highest BCUT2D eigenvalue weighted by Gasteiger charge is 2.09. The lowest BCUT2D eigenvalue weighted by Crippen LogP contribution is -2.05. The van der Waals surface area contributed by atoms with Crippen molar-refractivity contribution >= 4 is 28.5 Å². The van der Waals surface area contributed by atoms with Gasteiger partial charge in [-0.2, -0.15) is 0 Å². The van der Waals surface area contributed by atoms with Crippen LogP contribution in [0.4, 0.5) is 5.69 Å². The van der Waals surface area contributed by atoms with Crippen LogP contribution in [0.25, 0.3) is 10.9 Å². The second-order valence-electron chi connectivity index (χ2n) is 3.66. The molecule has 0 saturated heterocycles. The van der Waals surface area contributed by atoms with Crippen LogP contribution in [0, 0.1) is 0 Å². The van der Waals surface area contributed by atoms with E-state index in [1.165, 1.54) is 14.0 Å². The Bertz CT molecular complexity index is 586. The quantitative estimate of drug-likeness (QED) is 0.777. The molecule has 0 saturated carbocycles. The van der Waals surface area contributed by atoms with Gasteiger partial charge in [0.2, 0.25) is 5.91 Å². The number of fused-ring (bicyclic) bond motifs is 1. The fraction of sp³-hybridized carbons (Fsp3) is 0.167. The molecule has 1 heterocycles. The van der Waals surface area contributed by atoms with Crippen LogP contribution in [-0.2, 0) is 9.53 Å². The number of nitrogens with one attached hydrogen (secondary N) is 2. The van der Waals surface area contributed by atoms with Gasteiger partial charge in [0.1, 0.15) is 5.69 Å². The fourth-order valence-corrected chi connectivity index (χ4v) is 1.63. The van der Waals surface area contributed by atoms with Gasteiger partial charge in [-0.05, 0) is 18.2 Å². The van der Waals surface area contributed by atoms with Crippen LogP contribution in [0.2, 0.25) is 0 Å². The highest BCUT2D eigenvalue weighted by molar-refractivity contribution is 5.97. The first-order valence-electron chi connectivity index (χ1n) is 5.09. The molecule has 17 heavy (non-hydrogen) atoms. The first-order valence-corrected chi connectivity index (χ1v) is 5.09. The maximum Gasteiger partial charge on any atom is 0.354 e. The van der Waals surface area contributed by atoms with Crippen LogP contribution in [0.15, 0.2) is 24.3 Å². The number of hydrogen-bond donors (Lipinski definition) is 2. The molecule has 0 aliphatic rings. The summed E-state index contributed by atoms with van der Waals surface area (Å²) in [6.45, 7) is 1.44. The molecule has 2 N–H and O–H groups in total. The Morgan fingerprint density at radius 1 is 1.29 bits per heavy atom. The zero-order valence-electron chi connectivity index (χ0n) is 9.53. The third-order valence-corrected chi connectivity index (χ3v) is 2.35. The second kappa shape index (κ2) is 4.29. The molecule has 2 rings (SSSR count). The molecule has 0 atom stereocenters. The number of methoxy groups -OCH3 is 1. The third kappa shape index (κ3) is 2.28. The number of aromatic nitrogens is 1. The van der Waals surface area contributed by atoms with Crippen LogP contribution < -0.4 is 5.32 Å². The summed E-state index contributed by atoms with van der Waals surface area (Å²) in [6, 6.07) is 7.07. The van der Waals surface area contributed by atoms with Gasteiger partial charge in [-0.15, -0.1) is 0 Å². The van der Waals surface area contributed by atoms with E-state index < -0.39 is 5.97 Å². The van der Waals surface area contributed by atoms with E-state index in [0.717, 1.165) is 10.9 Å². The molecule has 1 amide bonds. The number of benzene rings is 1. The average Bonchev–Trinajstić information content (AvgIpc) is 2.70. The summed E-state index contributed by atoms with van der Waals surface area (Å²) < 4.78 is 4.62. The number of aromatic amines is 1. The summed E-state index contributed by atoms with van der Waals surface area (Å²) >= 11 is 0. The lowest BCUT2D eigenvalue weighted by Gasteiger charge is -2.00. The number of carbonyl (C=O) groups excluding carboxylic acids is 2. The molecule has 5 heteroatoms. The summed E-state index contributed by atoms with van der Waals surface area (Å²) in [5.41, 5.74) is 1.85. The standard InChI is InChI=1S/C12H12N2O3/c1-7(15)13-9-4-3-8-5-11(12(16)17-2)14-10(8)6-9/h3-6,14H,1-2H3,(H,13,15). The van der Waals surface area contributed by atoms with Gasteiger partial charge in [0.05, 0.1) is 7.11 Å². The topological polar surface area (TPSA) is 71.2 Å². The number of rotatable bonds is 2. The zero-order chi connectivity index (χ0) is 12.4. The Kier molecular flexibility index (Phi) is 2.82. The molecule has 5 nitrogen and oxygen atoms in total. The van der Waals surface area contributed by atoms with Crippen LogP contribution in [0.1, 0.15) is 17.4 Å². The van der Waals surface area contributed by atoms with Gasteiger partial charge in [0.25, 0.3) is 0 Å². The summed E-state index contributed by atoms with van der Waals surface area (Å²) in [4.78, 5) is 25.2. The number of amides is 1. The Labute approximate surface area is 97.8 Å². The minimum atomic E-state index is -0.415. The number of carbonyl (C=O) groups is 2. The highest BCUT2D eigenvalue weighted by Crippen LogP contribution is 2.20. The number of H-pyrrole nitrogens is 1. The predicted octanol–water partition coefficient (Wildman–Crippen LogP) is 1.91. The minimum absolute atomic E-state index is 0.135. The molecular formula is C12H12N2O3. The van der Waals surface area contributed by atoms with Gasteiger partial charge in [-0.3, -0.25) is 4.79 Å². The number of hydrogen-bond acceptors (Lipinski definition) is 3. The van der Waals surface area contributed by atoms with E-state index in [1.807, 2.05) is 6.07 Å². The largest absolute Gasteiger partial charge is 0.464 e. The number of anilines is 1. The first kappa shape index (κ1) is 11.2. The van der Waals surface area contributed by atoms with E-state index in [4.69, 9.17) is 0 Å². The normalized spacial score (nSPS) is 10.2. The monoisotopic (exact) mass is 232 g/mol. The molecule has 0 fully saturated rings. The molecule has 2 aromatic rings. The molecule has 0 unspecified atom stereocenters. The Morgan fingerprint density at radius 3 is 2.71 bits per heavy atom. The van der Waals surface area contributed by atoms with Crippen molar-refractivity contribution in [3.05, 3.63) is 30.0 Å². The van der Waals surface area contributed by atoms with E-state index in [-0.39, 0.29) is 5.91 Å². The lowest BCUT2D eigenvalue weighted by atomic mass is 10.2. The molecule has 0 radical (unpaired) electrons. The summed E-state index contributed by atoms with van der Waals surface area (Å²) in [5.74, 6) is -0.550. The number of esters is 1. The SMILES string of the molecule is COC(=O)c1cc2ccc(NC(C)=O)cc2[nH]1. The maximum atomic E-state index is 11.3. The van der Waals surface area contributed by atoms with Gasteiger partial charge in [0.15, 0.2) is 0 Å². The molecule has 1 aromatic heterocycles. The lowest BCUT2D eigenvalue weighted by molar-refractivity contribution is -0.114. The molecule has 0 spiro atoms. The fourth-order valence-electron chi connectivity index (χ4n) is 1.63. The minimum Gasteiger partial charge on any atom is -0.464 e. The first-order chi connectivity index (χ1) is 8.10. The van der Waals surface area contributed by atoms with Gasteiger partial charge >= 0.3 is 5.97 Å². The van der Waals surface area contributed by atoms with Crippen molar-refractivity contribution in [2.24, 2.45) is 0 Å². The van der Waals surface area contributed by atoms with Crippen molar-refractivity contribution in [3.63, 3.8) is 0 Å². The predicted molar refractivity (Wildman–Crippen MR) is 63.9 cm³/mol. The molecule has 0 aliphatic heterocycles.